The van der Waals surface area contributed by atoms with Crippen molar-refractivity contribution < 1.29 is 4.52 Å². The highest BCUT2D eigenvalue weighted by molar-refractivity contribution is 5.41. The lowest BCUT2D eigenvalue weighted by Crippen LogP contribution is -2.35. The molecule has 1 aliphatic carbocycles. The van der Waals surface area contributed by atoms with Gasteiger partial charge in [0.1, 0.15) is 0 Å². The molecule has 0 aromatic carbocycles. The van der Waals surface area contributed by atoms with Crippen LogP contribution < -0.4 is 5.73 Å². The zero-order valence-electron chi connectivity index (χ0n) is 10.4. The number of rotatable bonds is 3. The summed E-state index contributed by atoms with van der Waals surface area (Å²) in [5.41, 5.74) is 6.67. The first-order valence-corrected chi connectivity index (χ1v) is 5.99. The first kappa shape index (κ1) is 11.3. The molecule has 1 fully saturated rings. The fourth-order valence-electron chi connectivity index (χ4n) is 1.90. The number of aromatic nitrogens is 4. The molecule has 0 bridgehead atoms. The lowest BCUT2D eigenvalue weighted by Gasteiger charge is -2.18. The Bertz CT molecular complexity index is 556. The zero-order chi connectivity index (χ0) is 12.8. The second-order valence-corrected chi connectivity index (χ2v) is 5.06. The average molecular weight is 245 g/mol. The van der Waals surface area contributed by atoms with Crippen LogP contribution in [0, 0.1) is 12.8 Å². The van der Waals surface area contributed by atoms with E-state index in [0.717, 1.165) is 18.4 Å². The van der Waals surface area contributed by atoms with Crippen molar-refractivity contribution in [2.75, 3.05) is 0 Å². The summed E-state index contributed by atoms with van der Waals surface area (Å²) in [7, 11) is 0. The summed E-state index contributed by atoms with van der Waals surface area (Å²) in [5, 5.41) is 3.90. The third-order valence-electron chi connectivity index (χ3n) is 3.29. The molecule has 2 heterocycles. The van der Waals surface area contributed by atoms with Crippen LogP contribution in [-0.2, 0) is 5.54 Å². The molecule has 0 amide bonds. The Morgan fingerprint density at radius 2 is 1.94 bits per heavy atom. The van der Waals surface area contributed by atoms with Crippen LogP contribution >= 0.6 is 0 Å². The molecular weight excluding hydrogens is 230 g/mol. The molecule has 0 radical (unpaired) electrons. The van der Waals surface area contributed by atoms with E-state index >= 15 is 0 Å². The highest BCUT2D eigenvalue weighted by Gasteiger charge is 2.44. The Hall–Kier alpha value is -1.82. The number of nitrogens with two attached hydrogens (primary N) is 1. The van der Waals surface area contributed by atoms with Crippen molar-refractivity contribution in [3.05, 3.63) is 23.8 Å². The van der Waals surface area contributed by atoms with Gasteiger partial charge in [0.2, 0.25) is 17.5 Å². The van der Waals surface area contributed by atoms with Crippen molar-refractivity contribution in [3.8, 4) is 11.6 Å². The predicted octanol–water partition coefficient (Wildman–Crippen LogP) is 1.42. The van der Waals surface area contributed by atoms with Gasteiger partial charge in [-0.15, -0.1) is 0 Å². The van der Waals surface area contributed by atoms with E-state index < -0.39 is 5.54 Å². The van der Waals surface area contributed by atoms with Gasteiger partial charge < -0.3 is 10.3 Å². The van der Waals surface area contributed by atoms with Crippen molar-refractivity contribution in [1.29, 1.82) is 0 Å². The predicted molar refractivity (Wildman–Crippen MR) is 64.3 cm³/mol. The average Bonchev–Trinajstić information content (AvgIpc) is 3.09. The lowest BCUT2D eigenvalue weighted by molar-refractivity contribution is 0.273. The quantitative estimate of drug-likeness (QED) is 0.879. The van der Waals surface area contributed by atoms with Gasteiger partial charge in [0, 0.05) is 12.4 Å². The second-order valence-electron chi connectivity index (χ2n) is 5.06. The molecule has 2 aromatic rings. The Morgan fingerprint density at radius 3 is 2.56 bits per heavy atom. The number of aryl methyl sites for hydroxylation is 1. The van der Waals surface area contributed by atoms with Crippen LogP contribution in [0.25, 0.3) is 11.6 Å². The molecule has 18 heavy (non-hydrogen) atoms. The van der Waals surface area contributed by atoms with Crippen molar-refractivity contribution >= 4 is 0 Å². The molecule has 0 saturated heterocycles. The van der Waals surface area contributed by atoms with Gasteiger partial charge in [-0.3, -0.25) is 0 Å². The summed E-state index contributed by atoms with van der Waals surface area (Å²) < 4.78 is 5.25. The van der Waals surface area contributed by atoms with Gasteiger partial charge in [-0.1, -0.05) is 5.16 Å². The van der Waals surface area contributed by atoms with Gasteiger partial charge in [0.25, 0.3) is 0 Å². The highest BCUT2D eigenvalue weighted by Crippen LogP contribution is 2.43. The smallest absolute Gasteiger partial charge is 0.247 e. The van der Waals surface area contributed by atoms with Crippen molar-refractivity contribution in [2.24, 2.45) is 11.7 Å². The molecule has 1 atom stereocenters. The van der Waals surface area contributed by atoms with Gasteiger partial charge in [0.15, 0.2) is 0 Å². The molecular formula is C12H15N5O. The van der Waals surface area contributed by atoms with Gasteiger partial charge in [-0.25, -0.2) is 9.97 Å². The minimum absolute atomic E-state index is 0.391. The third-order valence-corrected chi connectivity index (χ3v) is 3.29. The summed E-state index contributed by atoms with van der Waals surface area (Å²) in [6, 6.07) is 0. The summed E-state index contributed by atoms with van der Waals surface area (Å²) in [5.74, 6) is 1.75. The first-order valence-electron chi connectivity index (χ1n) is 5.99. The van der Waals surface area contributed by atoms with Gasteiger partial charge in [-0.05, 0) is 38.2 Å². The highest BCUT2D eigenvalue weighted by atomic mass is 16.5. The van der Waals surface area contributed by atoms with Gasteiger partial charge in [0.05, 0.1) is 5.54 Å². The SMILES string of the molecule is Cc1cnc(-c2noc(C(C)(N)C3CC3)n2)nc1. The normalized spacial score (nSPS) is 18.6. The standard InChI is InChI=1S/C12H15N5O/c1-7-5-14-9(15-6-7)10-16-11(18-17-10)12(2,13)8-3-4-8/h5-6,8H,3-4,13H2,1-2H3. The van der Waals surface area contributed by atoms with Crippen LogP contribution in [0.1, 0.15) is 31.2 Å². The van der Waals surface area contributed by atoms with Crippen LogP contribution in [0.4, 0.5) is 0 Å². The second kappa shape index (κ2) is 3.84. The van der Waals surface area contributed by atoms with Crippen LogP contribution in [0.5, 0.6) is 0 Å². The van der Waals surface area contributed by atoms with E-state index in [-0.39, 0.29) is 0 Å². The summed E-state index contributed by atoms with van der Waals surface area (Å²) in [6.45, 7) is 3.85. The Morgan fingerprint density at radius 1 is 1.28 bits per heavy atom. The Balaban J connectivity index is 1.91. The Labute approximate surface area is 105 Å². The maximum absolute atomic E-state index is 6.22. The molecule has 2 aromatic heterocycles. The van der Waals surface area contributed by atoms with E-state index in [9.17, 15) is 0 Å². The third kappa shape index (κ3) is 1.88. The molecule has 1 aliphatic rings. The molecule has 0 aliphatic heterocycles. The van der Waals surface area contributed by atoms with Crippen molar-refractivity contribution in [3.63, 3.8) is 0 Å². The number of nitrogens with zero attached hydrogens (tertiary/aromatic N) is 4. The van der Waals surface area contributed by atoms with Gasteiger partial charge >= 0.3 is 0 Å². The summed E-state index contributed by atoms with van der Waals surface area (Å²) in [6.07, 6.45) is 5.68. The molecule has 0 spiro atoms. The van der Waals surface area contributed by atoms with Crippen LogP contribution in [0.2, 0.25) is 0 Å². The van der Waals surface area contributed by atoms with E-state index in [1.807, 2.05) is 13.8 Å². The number of hydrogen-bond acceptors (Lipinski definition) is 6. The van der Waals surface area contributed by atoms with Crippen LogP contribution in [-0.4, -0.2) is 20.1 Å². The molecule has 1 unspecified atom stereocenters. The minimum atomic E-state index is -0.546. The monoisotopic (exact) mass is 245 g/mol. The molecule has 6 nitrogen and oxygen atoms in total. The van der Waals surface area contributed by atoms with E-state index in [1.54, 1.807) is 12.4 Å². The van der Waals surface area contributed by atoms with Gasteiger partial charge in [-0.2, -0.15) is 4.98 Å². The maximum Gasteiger partial charge on any atom is 0.247 e. The summed E-state index contributed by atoms with van der Waals surface area (Å²) >= 11 is 0. The maximum atomic E-state index is 6.22. The van der Waals surface area contributed by atoms with E-state index in [0.29, 0.717) is 23.5 Å². The topological polar surface area (TPSA) is 90.7 Å². The first-order chi connectivity index (χ1) is 8.57. The fourth-order valence-corrected chi connectivity index (χ4v) is 1.90. The Kier molecular flexibility index (Phi) is 2.41. The van der Waals surface area contributed by atoms with E-state index in [4.69, 9.17) is 10.3 Å². The fraction of sp³-hybridized carbons (Fsp3) is 0.500. The lowest BCUT2D eigenvalue weighted by atomic mass is 9.97. The molecule has 6 heteroatoms. The molecule has 94 valence electrons. The minimum Gasteiger partial charge on any atom is -0.337 e. The van der Waals surface area contributed by atoms with Crippen LogP contribution in [0.3, 0.4) is 0 Å². The summed E-state index contributed by atoms with van der Waals surface area (Å²) in [4.78, 5) is 12.7. The van der Waals surface area contributed by atoms with Crippen molar-refractivity contribution in [1.82, 2.24) is 20.1 Å². The largest absolute Gasteiger partial charge is 0.337 e. The zero-order valence-corrected chi connectivity index (χ0v) is 10.4. The number of hydrogen-bond donors (Lipinski definition) is 1. The molecule has 1 saturated carbocycles. The van der Waals surface area contributed by atoms with Crippen molar-refractivity contribution in [2.45, 2.75) is 32.2 Å². The van der Waals surface area contributed by atoms with E-state index in [2.05, 4.69) is 20.1 Å². The molecule has 2 N–H and O–H groups in total. The van der Waals surface area contributed by atoms with Crippen LogP contribution in [0.15, 0.2) is 16.9 Å². The van der Waals surface area contributed by atoms with E-state index in [1.165, 1.54) is 0 Å². The molecule has 3 rings (SSSR count).